The van der Waals surface area contributed by atoms with Crippen LogP contribution in [0.1, 0.15) is 21.5 Å². The highest BCUT2D eigenvalue weighted by molar-refractivity contribution is 9.08. The lowest BCUT2D eigenvalue weighted by atomic mass is 10.1. The van der Waals surface area contributed by atoms with Crippen molar-refractivity contribution in [2.75, 3.05) is 5.32 Å². The molecule has 0 fully saturated rings. The first-order valence-electron chi connectivity index (χ1n) is 5.96. The summed E-state index contributed by atoms with van der Waals surface area (Å²) in [6.07, 6.45) is 0. The van der Waals surface area contributed by atoms with Crippen molar-refractivity contribution in [2.24, 2.45) is 0 Å². The number of phenols is 1. The van der Waals surface area contributed by atoms with Crippen molar-refractivity contribution >= 4 is 39.1 Å². The van der Waals surface area contributed by atoms with Crippen molar-refractivity contribution in [3.05, 3.63) is 58.1 Å². The van der Waals surface area contributed by atoms with Gasteiger partial charge in [-0.2, -0.15) is 0 Å². The van der Waals surface area contributed by atoms with Crippen LogP contribution in [0, 0.1) is 6.92 Å². The summed E-state index contributed by atoms with van der Waals surface area (Å²) in [5.74, 6) is -0.299. The molecule has 0 spiro atoms. The molecule has 0 bridgehead atoms. The summed E-state index contributed by atoms with van der Waals surface area (Å²) in [7, 11) is 0. The molecule has 2 aromatic carbocycles. The van der Waals surface area contributed by atoms with Crippen molar-refractivity contribution in [1.29, 1.82) is 0 Å². The lowest BCUT2D eigenvalue weighted by Gasteiger charge is -2.10. The van der Waals surface area contributed by atoms with E-state index in [1.165, 1.54) is 6.07 Å². The van der Waals surface area contributed by atoms with Crippen LogP contribution in [-0.4, -0.2) is 11.0 Å². The quantitative estimate of drug-likeness (QED) is 0.630. The van der Waals surface area contributed by atoms with Gasteiger partial charge in [-0.25, -0.2) is 0 Å². The number of benzene rings is 2. The maximum Gasteiger partial charge on any atom is 0.255 e. The highest BCUT2D eigenvalue weighted by Crippen LogP contribution is 2.31. The number of aromatic hydroxyl groups is 1. The van der Waals surface area contributed by atoms with Crippen molar-refractivity contribution in [3.8, 4) is 5.75 Å². The Balaban J connectivity index is 2.23. The van der Waals surface area contributed by atoms with E-state index in [4.69, 9.17) is 11.6 Å². The van der Waals surface area contributed by atoms with E-state index in [2.05, 4.69) is 21.2 Å². The van der Waals surface area contributed by atoms with E-state index in [1.807, 2.05) is 19.1 Å². The summed E-state index contributed by atoms with van der Waals surface area (Å²) in [6.45, 7) is 1.95. The van der Waals surface area contributed by atoms with Crippen LogP contribution in [0.2, 0.25) is 5.02 Å². The van der Waals surface area contributed by atoms with Crippen molar-refractivity contribution in [3.63, 3.8) is 0 Å². The standard InChI is InChI=1S/C15H13BrClNO2/c1-9-2-4-10(5-3-9)15(20)18-13-7-12(17)11(8-16)6-14(13)19/h2-7,19H,8H2,1H3,(H,18,20). The third-order valence-electron chi connectivity index (χ3n) is 2.87. The Morgan fingerprint density at radius 2 is 1.95 bits per heavy atom. The van der Waals surface area contributed by atoms with E-state index in [-0.39, 0.29) is 11.7 Å². The normalized spacial score (nSPS) is 10.3. The zero-order valence-corrected chi connectivity index (χ0v) is 13.1. The number of amides is 1. The van der Waals surface area contributed by atoms with E-state index in [1.54, 1.807) is 18.2 Å². The van der Waals surface area contributed by atoms with Crippen LogP contribution in [0.3, 0.4) is 0 Å². The highest BCUT2D eigenvalue weighted by Gasteiger charge is 2.11. The first-order chi connectivity index (χ1) is 9.51. The summed E-state index contributed by atoms with van der Waals surface area (Å²) in [5.41, 5.74) is 2.66. The Hall–Kier alpha value is -1.52. The number of hydrogen-bond donors (Lipinski definition) is 2. The zero-order valence-electron chi connectivity index (χ0n) is 10.8. The van der Waals surface area contributed by atoms with Gasteiger partial charge in [0.1, 0.15) is 5.75 Å². The fraction of sp³-hybridized carbons (Fsp3) is 0.133. The third kappa shape index (κ3) is 3.32. The minimum Gasteiger partial charge on any atom is -0.506 e. The molecule has 2 aromatic rings. The molecule has 0 heterocycles. The molecular formula is C15H13BrClNO2. The van der Waals surface area contributed by atoms with Crippen molar-refractivity contribution in [1.82, 2.24) is 0 Å². The first kappa shape index (κ1) is 14.9. The topological polar surface area (TPSA) is 49.3 Å². The number of phenolic OH excluding ortho intramolecular Hbond substituents is 1. The van der Waals surface area contributed by atoms with Crippen molar-refractivity contribution < 1.29 is 9.90 Å². The van der Waals surface area contributed by atoms with Gasteiger partial charge in [0.15, 0.2) is 0 Å². The molecule has 0 aliphatic rings. The van der Waals surface area contributed by atoms with Gasteiger partial charge in [-0.1, -0.05) is 45.2 Å². The summed E-state index contributed by atoms with van der Waals surface area (Å²) in [5, 5.41) is 13.6. The Labute approximate surface area is 130 Å². The monoisotopic (exact) mass is 353 g/mol. The molecule has 20 heavy (non-hydrogen) atoms. The smallest absolute Gasteiger partial charge is 0.255 e. The summed E-state index contributed by atoms with van der Waals surface area (Å²) >= 11 is 9.34. The molecule has 2 N–H and O–H groups in total. The second kappa shape index (κ2) is 6.29. The van der Waals surface area contributed by atoms with E-state index >= 15 is 0 Å². The Morgan fingerprint density at radius 1 is 1.30 bits per heavy atom. The van der Waals surface area contributed by atoms with Gasteiger partial charge >= 0.3 is 0 Å². The van der Waals surface area contributed by atoms with Gasteiger partial charge in [0.05, 0.1) is 5.69 Å². The van der Waals surface area contributed by atoms with Crippen LogP contribution in [0.5, 0.6) is 5.75 Å². The predicted octanol–water partition coefficient (Wildman–Crippen LogP) is 4.50. The van der Waals surface area contributed by atoms with Gasteiger partial charge in [-0.05, 0) is 36.8 Å². The molecule has 3 nitrogen and oxygen atoms in total. The molecule has 2 rings (SSSR count). The molecular weight excluding hydrogens is 342 g/mol. The maximum absolute atomic E-state index is 12.1. The zero-order chi connectivity index (χ0) is 14.7. The Kier molecular flexibility index (Phi) is 4.68. The van der Waals surface area contributed by atoms with Crippen LogP contribution in [0.25, 0.3) is 0 Å². The predicted molar refractivity (Wildman–Crippen MR) is 84.9 cm³/mol. The maximum atomic E-state index is 12.1. The largest absolute Gasteiger partial charge is 0.506 e. The number of rotatable bonds is 3. The second-order valence-corrected chi connectivity index (χ2v) is 5.38. The molecule has 5 heteroatoms. The van der Waals surface area contributed by atoms with E-state index < -0.39 is 0 Å². The van der Waals surface area contributed by atoms with Crippen LogP contribution in [0.15, 0.2) is 36.4 Å². The van der Waals surface area contributed by atoms with Gasteiger partial charge in [-0.15, -0.1) is 0 Å². The average molecular weight is 355 g/mol. The van der Waals surface area contributed by atoms with Crippen LogP contribution in [0.4, 0.5) is 5.69 Å². The first-order valence-corrected chi connectivity index (χ1v) is 7.46. The van der Waals surface area contributed by atoms with Gasteiger partial charge in [0, 0.05) is 15.9 Å². The third-order valence-corrected chi connectivity index (χ3v) is 3.83. The van der Waals surface area contributed by atoms with E-state index in [9.17, 15) is 9.90 Å². The summed E-state index contributed by atoms with van der Waals surface area (Å²) < 4.78 is 0. The number of hydrogen-bond acceptors (Lipinski definition) is 2. The van der Waals surface area contributed by atoms with Gasteiger partial charge in [0.25, 0.3) is 5.91 Å². The molecule has 0 saturated carbocycles. The summed E-state index contributed by atoms with van der Waals surface area (Å²) in [6, 6.07) is 10.2. The minimum atomic E-state index is -0.289. The fourth-order valence-electron chi connectivity index (χ4n) is 1.71. The molecule has 104 valence electrons. The van der Waals surface area contributed by atoms with Crippen LogP contribution >= 0.6 is 27.5 Å². The number of alkyl halides is 1. The fourth-order valence-corrected chi connectivity index (χ4v) is 2.56. The van der Waals surface area contributed by atoms with E-state index in [0.29, 0.717) is 21.6 Å². The number of anilines is 1. The molecule has 0 aliphatic heterocycles. The number of carbonyl (C=O) groups excluding carboxylic acids is 1. The molecule has 0 aliphatic carbocycles. The molecule has 1 amide bonds. The lowest BCUT2D eigenvalue weighted by molar-refractivity contribution is 0.102. The second-order valence-electron chi connectivity index (χ2n) is 4.41. The molecule has 0 unspecified atom stereocenters. The lowest BCUT2D eigenvalue weighted by Crippen LogP contribution is -2.12. The van der Waals surface area contributed by atoms with Crippen LogP contribution < -0.4 is 5.32 Å². The number of nitrogens with one attached hydrogen (secondary N) is 1. The van der Waals surface area contributed by atoms with Gasteiger partial charge < -0.3 is 10.4 Å². The van der Waals surface area contributed by atoms with E-state index in [0.717, 1.165) is 11.1 Å². The number of aryl methyl sites for hydroxylation is 1. The van der Waals surface area contributed by atoms with Crippen LogP contribution in [-0.2, 0) is 5.33 Å². The molecule has 0 saturated heterocycles. The number of halogens is 2. The number of carbonyl (C=O) groups is 1. The summed E-state index contributed by atoms with van der Waals surface area (Å²) in [4.78, 5) is 12.1. The molecule has 0 atom stereocenters. The SMILES string of the molecule is Cc1ccc(C(=O)Nc2cc(Cl)c(CBr)cc2O)cc1. The Bertz CT molecular complexity index is 641. The highest BCUT2D eigenvalue weighted by atomic mass is 79.9. The molecule has 0 radical (unpaired) electrons. The minimum absolute atomic E-state index is 0.00990. The van der Waals surface area contributed by atoms with Gasteiger partial charge in [0.2, 0.25) is 0 Å². The Morgan fingerprint density at radius 3 is 2.55 bits per heavy atom. The molecule has 0 aromatic heterocycles. The average Bonchev–Trinajstić information content (AvgIpc) is 2.43. The van der Waals surface area contributed by atoms with Gasteiger partial charge in [-0.3, -0.25) is 4.79 Å². The van der Waals surface area contributed by atoms with Crippen molar-refractivity contribution in [2.45, 2.75) is 12.3 Å².